The van der Waals surface area contributed by atoms with Gasteiger partial charge in [-0.3, -0.25) is 14.5 Å². The molecule has 1 aromatic rings. The van der Waals surface area contributed by atoms with Crippen molar-refractivity contribution in [2.45, 2.75) is 37.8 Å². The fourth-order valence-electron chi connectivity index (χ4n) is 3.58. The predicted octanol–water partition coefficient (Wildman–Crippen LogP) is 1.50. The molecule has 2 aliphatic rings. The first-order valence-electron chi connectivity index (χ1n) is 8.26. The van der Waals surface area contributed by atoms with Crippen molar-refractivity contribution >= 4 is 11.6 Å². The zero-order chi connectivity index (χ0) is 17.5. The van der Waals surface area contributed by atoms with Gasteiger partial charge in [0.15, 0.2) is 17.3 Å². The number of hydrogen-bond donors (Lipinski definition) is 1. The highest BCUT2D eigenvalue weighted by Crippen LogP contribution is 2.48. The van der Waals surface area contributed by atoms with Crippen LogP contribution < -0.4 is 10.5 Å². The number of aromatic nitrogens is 1. The Morgan fingerprint density at radius 1 is 1.46 bits per heavy atom. The lowest BCUT2D eigenvalue weighted by Crippen LogP contribution is -2.65. The Balaban J connectivity index is 2.09. The van der Waals surface area contributed by atoms with Gasteiger partial charge < -0.3 is 15.0 Å². The highest BCUT2D eigenvalue weighted by Gasteiger charge is 2.59. The molecule has 0 bridgehead atoms. The molecule has 0 radical (unpaired) electrons. The van der Waals surface area contributed by atoms with Gasteiger partial charge >= 0.3 is 0 Å². The second kappa shape index (κ2) is 6.14. The summed E-state index contributed by atoms with van der Waals surface area (Å²) in [5.74, 6) is -0.641. The molecule has 1 heterocycles. The first-order chi connectivity index (χ1) is 11.4. The van der Waals surface area contributed by atoms with E-state index in [4.69, 9.17) is 15.0 Å². The predicted molar refractivity (Wildman–Crippen MR) is 86.8 cm³/mol. The Bertz CT molecular complexity index is 694. The number of ketones is 2. The van der Waals surface area contributed by atoms with E-state index in [1.165, 1.54) is 6.08 Å². The Morgan fingerprint density at radius 2 is 2.21 bits per heavy atom. The van der Waals surface area contributed by atoms with Crippen LogP contribution in [0, 0.1) is 5.92 Å². The van der Waals surface area contributed by atoms with Gasteiger partial charge in [0.05, 0.1) is 12.6 Å². The van der Waals surface area contributed by atoms with Gasteiger partial charge in [0.1, 0.15) is 11.1 Å². The van der Waals surface area contributed by atoms with Crippen molar-refractivity contribution in [1.82, 2.24) is 10.1 Å². The van der Waals surface area contributed by atoms with Gasteiger partial charge in [-0.2, -0.15) is 0 Å². The summed E-state index contributed by atoms with van der Waals surface area (Å²) in [5, 5.41) is 3.93. The van der Waals surface area contributed by atoms with E-state index in [0.29, 0.717) is 18.8 Å². The molecule has 2 aliphatic carbocycles. The smallest absolute Gasteiger partial charge is 0.265 e. The van der Waals surface area contributed by atoms with Crippen molar-refractivity contribution in [1.29, 1.82) is 0 Å². The zero-order valence-corrected chi connectivity index (χ0v) is 14.2. The summed E-state index contributed by atoms with van der Waals surface area (Å²) in [4.78, 5) is 27.5. The molecule has 0 amide bonds. The van der Waals surface area contributed by atoms with Crippen molar-refractivity contribution < 1.29 is 18.8 Å². The normalized spacial score (nSPS) is 28.9. The summed E-state index contributed by atoms with van der Waals surface area (Å²) in [6.07, 6.45) is 5.49. The average molecular weight is 333 g/mol. The SMILES string of the molecule is CCCCOc1noc2c1C(=O)[C@@]1(N)C(=O)C=CC[C@H]1[C@@H]2N(C)C. The molecule has 0 aromatic carbocycles. The second-order valence-electron chi connectivity index (χ2n) is 6.64. The first kappa shape index (κ1) is 16.9. The minimum Gasteiger partial charge on any atom is -0.475 e. The molecular formula is C17H23N3O4. The number of Topliss-reactive ketones (excluding diaryl/α,β-unsaturated/α-hetero) is 1. The third-order valence-corrected chi connectivity index (χ3v) is 4.88. The van der Waals surface area contributed by atoms with E-state index in [1.807, 2.05) is 25.9 Å². The molecule has 0 unspecified atom stereocenters. The van der Waals surface area contributed by atoms with E-state index in [2.05, 4.69) is 5.16 Å². The van der Waals surface area contributed by atoms with Gasteiger partial charge in [0.2, 0.25) is 0 Å². The molecule has 0 saturated heterocycles. The topological polar surface area (TPSA) is 98.7 Å². The summed E-state index contributed by atoms with van der Waals surface area (Å²) in [6.45, 7) is 2.48. The van der Waals surface area contributed by atoms with Crippen molar-refractivity contribution in [3.63, 3.8) is 0 Å². The number of ether oxygens (including phenoxy) is 1. The lowest BCUT2D eigenvalue weighted by atomic mass is 9.63. The summed E-state index contributed by atoms with van der Waals surface area (Å²) in [6, 6.07) is -0.312. The molecular weight excluding hydrogens is 310 g/mol. The second-order valence-corrected chi connectivity index (χ2v) is 6.64. The minimum atomic E-state index is -1.59. The number of allylic oxidation sites excluding steroid dienone is 1. The van der Waals surface area contributed by atoms with Gasteiger partial charge in [-0.1, -0.05) is 19.4 Å². The van der Waals surface area contributed by atoms with Gasteiger partial charge in [-0.25, -0.2) is 0 Å². The molecule has 3 atom stereocenters. The number of unbranched alkanes of at least 4 members (excludes halogenated alkanes) is 1. The summed E-state index contributed by atoms with van der Waals surface area (Å²) in [5.41, 5.74) is 5.00. The van der Waals surface area contributed by atoms with Gasteiger partial charge in [-0.15, -0.1) is 0 Å². The van der Waals surface area contributed by atoms with Crippen LogP contribution in [0.4, 0.5) is 0 Å². The van der Waals surface area contributed by atoms with E-state index >= 15 is 0 Å². The number of carbonyl (C=O) groups is 2. The quantitative estimate of drug-likeness (QED) is 0.644. The summed E-state index contributed by atoms with van der Waals surface area (Å²) >= 11 is 0. The third-order valence-electron chi connectivity index (χ3n) is 4.88. The monoisotopic (exact) mass is 333 g/mol. The molecule has 24 heavy (non-hydrogen) atoms. The molecule has 3 rings (SSSR count). The maximum absolute atomic E-state index is 13.1. The largest absolute Gasteiger partial charge is 0.475 e. The highest BCUT2D eigenvalue weighted by molar-refractivity contribution is 6.24. The third kappa shape index (κ3) is 2.31. The lowest BCUT2D eigenvalue weighted by Gasteiger charge is -2.44. The van der Waals surface area contributed by atoms with Gasteiger partial charge in [0.25, 0.3) is 5.88 Å². The fourth-order valence-corrected chi connectivity index (χ4v) is 3.58. The van der Waals surface area contributed by atoms with Crippen molar-refractivity contribution in [2.75, 3.05) is 20.7 Å². The maximum atomic E-state index is 13.1. The molecule has 0 saturated carbocycles. The van der Waals surface area contributed by atoms with Gasteiger partial charge in [0, 0.05) is 5.92 Å². The van der Waals surface area contributed by atoms with Crippen molar-refractivity contribution in [2.24, 2.45) is 11.7 Å². The van der Waals surface area contributed by atoms with Gasteiger partial charge in [-0.05, 0) is 38.2 Å². The lowest BCUT2D eigenvalue weighted by molar-refractivity contribution is -0.121. The Morgan fingerprint density at radius 3 is 2.88 bits per heavy atom. The standard InChI is InChI=1S/C17H23N3O4/c1-4-5-9-23-16-12-14(24-19-16)13(20(2)3)10-7-6-8-11(21)17(10,18)15(12)22/h6,8,10,13H,4-5,7,9,18H2,1-3H3/t10-,13-,17-/m0/s1. The molecule has 2 N–H and O–H groups in total. The molecule has 7 heteroatoms. The van der Waals surface area contributed by atoms with Crippen LogP contribution in [0.1, 0.15) is 48.3 Å². The summed E-state index contributed by atoms with van der Waals surface area (Å²) < 4.78 is 11.1. The highest BCUT2D eigenvalue weighted by atomic mass is 16.5. The van der Waals surface area contributed by atoms with E-state index in [-0.39, 0.29) is 29.2 Å². The van der Waals surface area contributed by atoms with Crippen molar-refractivity contribution in [3.8, 4) is 5.88 Å². The zero-order valence-electron chi connectivity index (χ0n) is 14.2. The molecule has 130 valence electrons. The number of nitrogens with two attached hydrogens (primary N) is 1. The van der Waals surface area contributed by atoms with Crippen LogP contribution in [0.25, 0.3) is 0 Å². The van der Waals surface area contributed by atoms with Crippen LogP contribution in [0.3, 0.4) is 0 Å². The molecule has 1 aromatic heterocycles. The van der Waals surface area contributed by atoms with Crippen LogP contribution in [-0.2, 0) is 4.79 Å². The Labute approximate surface area is 140 Å². The average Bonchev–Trinajstić information content (AvgIpc) is 2.94. The Kier molecular flexibility index (Phi) is 4.31. The number of rotatable bonds is 5. The van der Waals surface area contributed by atoms with Crippen LogP contribution in [0.2, 0.25) is 0 Å². The molecule has 0 aliphatic heterocycles. The number of fused-ring (bicyclic) bond motifs is 2. The van der Waals surface area contributed by atoms with Crippen LogP contribution in [-0.4, -0.2) is 47.9 Å². The van der Waals surface area contributed by atoms with Crippen molar-refractivity contribution in [3.05, 3.63) is 23.5 Å². The number of nitrogens with zero attached hydrogens (tertiary/aromatic N) is 2. The van der Waals surface area contributed by atoms with Crippen LogP contribution >= 0.6 is 0 Å². The number of hydrogen-bond acceptors (Lipinski definition) is 7. The van der Waals surface area contributed by atoms with Crippen LogP contribution in [0.5, 0.6) is 5.88 Å². The maximum Gasteiger partial charge on any atom is 0.265 e. The molecule has 7 nitrogen and oxygen atoms in total. The molecule has 0 spiro atoms. The summed E-state index contributed by atoms with van der Waals surface area (Å²) in [7, 11) is 3.74. The first-order valence-corrected chi connectivity index (χ1v) is 8.26. The van der Waals surface area contributed by atoms with E-state index in [9.17, 15) is 9.59 Å². The minimum absolute atomic E-state index is 0.140. The van der Waals surface area contributed by atoms with E-state index < -0.39 is 11.3 Å². The van der Waals surface area contributed by atoms with Crippen LogP contribution in [0.15, 0.2) is 16.7 Å². The van der Waals surface area contributed by atoms with E-state index in [0.717, 1.165) is 12.8 Å². The number of carbonyl (C=O) groups excluding carboxylic acids is 2. The van der Waals surface area contributed by atoms with E-state index in [1.54, 1.807) is 6.08 Å². The Hall–Kier alpha value is -1.99. The molecule has 0 fully saturated rings. The fraction of sp³-hybridized carbons (Fsp3) is 0.588.